The minimum Gasteiger partial charge on any atom is -0.462 e. The van der Waals surface area contributed by atoms with Gasteiger partial charge in [0.1, 0.15) is 10.7 Å². The van der Waals surface area contributed by atoms with Gasteiger partial charge in [0.05, 0.1) is 12.3 Å². The predicted molar refractivity (Wildman–Crippen MR) is 82.5 cm³/mol. The Morgan fingerprint density at radius 2 is 2.15 bits per heavy atom. The summed E-state index contributed by atoms with van der Waals surface area (Å²) >= 11 is 4.47. The first-order valence-corrected chi connectivity index (χ1v) is 7.57. The van der Waals surface area contributed by atoms with Gasteiger partial charge in [0, 0.05) is 9.35 Å². The number of carbonyl (C=O) groups excluding carboxylic acids is 1. The summed E-state index contributed by atoms with van der Waals surface area (Å²) in [4.78, 5) is 13.0. The molecule has 6 heteroatoms. The lowest BCUT2D eigenvalue weighted by atomic mass is 10.1. The van der Waals surface area contributed by atoms with Crippen LogP contribution in [0, 0.1) is 12.7 Å². The Kier molecular flexibility index (Phi) is 4.45. The summed E-state index contributed by atoms with van der Waals surface area (Å²) in [6, 6.07) is 4.58. The number of anilines is 1. The maximum atomic E-state index is 13.5. The van der Waals surface area contributed by atoms with Gasteiger partial charge in [0.25, 0.3) is 0 Å². The van der Waals surface area contributed by atoms with Gasteiger partial charge >= 0.3 is 5.97 Å². The molecule has 1 heterocycles. The van der Waals surface area contributed by atoms with E-state index in [1.165, 1.54) is 23.5 Å². The van der Waals surface area contributed by atoms with Crippen LogP contribution in [0.25, 0.3) is 10.4 Å². The molecule has 0 radical (unpaired) electrons. The smallest absolute Gasteiger partial charge is 0.350 e. The number of benzene rings is 1. The van der Waals surface area contributed by atoms with Crippen molar-refractivity contribution >= 4 is 38.9 Å². The van der Waals surface area contributed by atoms with Crippen LogP contribution in [0.2, 0.25) is 0 Å². The summed E-state index contributed by atoms with van der Waals surface area (Å²) in [6.45, 7) is 3.83. The molecule has 0 fully saturated rings. The maximum absolute atomic E-state index is 13.5. The number of nitrogens with two attached hydrogens (primary N) is 1. The van der Waals surface area contributed by atoms with E-state index in [2.05, 4.69) is 15.9 Å². The van der Waals surface area contributed by atoms with Gasteiger partial charge < -0.3 is 10.5 Å². The Bertz CT molecular complexity index is 649. The van der Waals surface area contributed by atoms with Crippen molar-refractivity contribution in [3.8, 4) is 10.4 Å². The molecule has 1 aromatic heterocycles. The molecule has 0 bridgehead atoms. The zero-order valence-corrected chi connectivity index (χ0v) is 13.4. The zero-order valence-electron chi connectivity index (χ0n) is 11.0. The first-order valence-electron chi connectivity index (χ1n) is 5.96. The van der Waals surface area contributed by atoms with Gasteiger partial charge in [-0.05, 0) is 43.2 Å². The highest BCUT2D eigenvalue weighted by molar-refractivity contribution is 9.10. The largest absolute Gasteiger partial charge is 0.462 e. The third-order valence-corrected chi connectivity index (χ3v) is 4.57. The summed E-state index contributed by atoms with van der Waals surface area (Å²) in [5.74, 6) is -0.793. The van der Waals surface area contributed by atoms with Gasteiger partial charge in [-0.2, -0.15) is 0 Å². The molecule has 2 rings (SSSR count). The zero-order chi connectivity index (χ0) is 14.9. The number of hydrogen-bond donors (Lipinski definition) is 1. The van der Waals surface area contributed by atoms with Crippen molar-refractivity contribution in [3.05, 3.63) is 38.9 Å². The normalized spacial score (nSPS) is 10.6. The molecular formula is C14H13BrFNO2S. The number of thiophene rings is 1. The van der Waals surface area contributed by atoms with Crippen molar-refractivity contribution in [2.45, 2.75) is 13.8 Å². The monoisotopic (exact) mass is 357 g/mol. The van der Waals surface area contributed by atoms with Crippen LogP contribution in [-0.2, 0) is 4.74 Å². The van der Waals surface area contributed by atoms with Gasteiger partial charge in [-0.25, -0.2) is 9.18 Å². The van der Waals surface area contributed by atoms with Gasteiger partial charge in [0.15, 0.2) is 0 Å². The standard InChI is InChI=1S/C14H13BrFNO2S/c1-3-19-14(18)13-11(17)7(2)12(20-13)8-4-9(15)6-10(16)5-8/h4-6H,3,17H2,1-2H3. The second kappa shape index (κ2) is 5.93. The lowest BCUT2D eigenvalue weighted by Gasteiger charge is -2.01. The molecule has 0 unspecified atom stereocenters. The van der Waals surface area contributed by atoms with E-state index in [-0.39, 0.29) is 12.4 Å². The first kappa shape index (κ1) is 15.0. The minimum absolute atomic E-state index is 0.288. The number of halogens is 2. The van der Waals surface area contributed by atoms with Crippen molar-refractivity contribution in [2.24, 2.45) is 0 Å². The van der Waals surface area contributed by atoms with Crippen LogP contribution in [0.4, 0.5) is 10.1 Å². The number of esters is 1. The van der Waals surface area contributed by atoms with Gasteiger partial charge in [-0.3, -0.25) is 0 Å². The lowest BCUT2D eigenvalue weighted by Crippen LogP contribution is -2.05. The SMILES string of the molecule is CCOC(=O)c1sc(-c2cc(F)cc(Br)c2)c(C)c1N. The van der Waals surface area contributed by atoms with Crippen LogP contribution in [0.5, 0.6) is 0 Å². The Morgan fingerprint density at radius 1 is 1.45 bits per heavy atom. The van der Waals surface area contributed by atoms with Gasteiger partial charge in [0.2, 0.25) is 0 Å². The summed E-state index contributed by atoms with van der Waals surface area (Å²) in [7, 11) is 0. The van der Waals surface area contributed by atoms with Crippen molar-refractivity contribution in [1.29, 1.82) is 0 Å². The Labute approximate surface area is 128 Å². The number of carbonyl (C=O) groups is 1. The highest BCUT2D eigenvalue weighted by Gasteiger charge is 2.20. The average Bonchev–Trinajstić information content (AvgIpc) is 2.66. The Balaban J connectivity index is 2.53. The van der Waals surface area contributed by atoms with Gasteiger partial charge in [-0.1, -0.05) is 15.9 Å². The van der Waals surface area contributed by atoms with Crippen molar-refractivity contribution in [3.63, 3.8) is 0 Å². The van der Waals surface area contributed by atoms with Crippen LogP contribution < -0.4 is 5.73 Å². The fourth-order valence-corrected chi connectivity index (χ4v) is 3.41. The quantitative estimate of drug-likeness (QED) is 0.829. The molecule has 0 saturated heterocycles. The third kappa shape index (κ3) is 2.86. The van der Waals surface area contributed by atoms with E-state index < -0.39 is 5.97 Å². The third-order valence-electron chi connectivity index (χ3n) is 2.78. The number of rotatable bonds is 3. The van der Waals surface area contributed by atoms with E-state index in [1.54, 1.807) is 13.0 Å². The van der Waals surface area contributed by atoms with E-state index in [4.69, 9.17) is 10.5 Å². The molecule has 0 atom stereocenters. The molecule has 1 aromatic carbocycles. The fraction of sp³-hybridized carbons (Fsp3) is 0.214. The van der Waals surface area contributed by atoms with Crippen molar-refractivity contribution in [2.75, 3.05) is 12.3 Å². The maximum Gasteiger partial charge on any atom is 0.350 e. The molecular weight excluding hydrogens is 345 g/mol. The fourth-order valence-electron chi connectivity index (χ4n) is 1.83. The predicted octanol–water partition coefficient (Wildman–Crippen LogP) is 4.38. The second-order valence-corrected chi connectivity index (χ2v) is 6.11. The van der Waals surface area contributed by atoms with Crippen LogP contribution in [0.1, 0.15) is 22.2 Å². The minimum atomic E-state index is -0.445. The molecule has 0 saturated carbocycles. The van der Waals surface area contributed by atoms with Crippen molar-refractivity contribution < 1.29 is 13.9 Å². The molecule has 3 nitrogen and oxygen atoms in total. The molecule has 2 aromatic rings. The molecule has 0 aliphatic rings. The van der Waals surface area contributed by atoms with Crippen molar-refractivity contribution in [1.82, 2.24) is 0 Å². The van der Waals surface area contributed by atoms with E-state index in [0.29, 0.717) is 20.6 Å². The van der Waals surface area contributed by atoms with Gasteiger partial charge in [-0.15, -0.1) is 11.3 Å². The topological polar surface area (TPSA) is 52.3 Å². The van der Waals surface area contributed by atoms with E-state index >= 15 is 0 Å². The summed E-state index contributed by atoms with van der Waals surface area (Å²) in [5, 5.41) is 0. The molecule has 106 valence electrons. The van der Waals surface area contributed by atoms with E-state index in [1.807, 2.05) is 6.92 Å². The highest BCUT2D eigenvalue weighted by atomic mass is 79.9. The molecule has 0 amide bonds. The van der Waals surface area contributed by atoms with Crippen LogP contribution >= 0.6 is 27.3 Å². The number of ether oxygens (including phenoxy) is 1. The van der Waals surface area contributed by atoms with Crippen LogP contribution in [-0.4, -0.2) is 12.6 Å². The average molecular weight is 358 g/mol. The lowest BCUT2D eigenvalue weighted by molar-refractivity contribution is 0.0533. The summed E-state index contributed by atoms with van der Waals surface area (Å²) < 4.78 is 19.1. The van der Waals surface area contributed by atoms with Crippen LogP contribution in [0.15, 0.2) is 22.7 Å². The highest BCUT2D eigenvalue weighted by Crippen LogP contribution is 2.39. The summed E-state index contributed by atoms with van der Waals surface area (Å²) in [6.07, 6.45) is 0. The second-order valence-electron chi connectivity index (χ2n) is 4.18. The Morgan fingerprint density at radius 3 is 2.75 bits per heavy atom. The Hall–Kier alpha value is -1.40. The first-order chi connectivity index (χ1) is 9.43. The van der Waals surface area contributed by atoms with E-state index in [0.717, 1.165) is 10.4 Å². The van der Waals surface area contributed by atoms with E-state index in [9.17, 15) is 9.18 Å². The number of hydrogen-bond acceptors (Lipinski definition) is 4. The molecule has 2 N–H and O–H groups in total. The summed E-state index contributed by atoms with van der Waals surface area (Å²) in [5.41, 5.74) is 7.79. The molecule has 0 aliphatic heterocycles. The van der Waals surface area contributed by atoms with Crippen LogP contribution in [0.3, 0.4) is 0 Å². The number of nitrogen functional groups attached to an aromatic ring is 1. The molecule has 0 aliphatic carbocycles. The molecule has 20 heavy (non-hydrogen) atoms. The molecule has 0 spiro atoms.